The molecule has 0 saturated heterocycles. The zero-order valence-corrected chi connectivity index (χ0v) is 23.6. The van der Waals surface area contributed by atoms with Crippen molar-refractivity contribution >= 4 is 32.3 Å². The molecule has 0 aromatic heterocycles. The fraction of sp³-hybridized carbons (Fsp3) is 0.122. The van der Waals surface area contributed by atoms with Crippen molar-refractivity contribution in [1.82, 2.24) is 0 Å². The van der Waals surface area contributed by atoms with Gasteiger partial charge in [-0.15, -0.1) is 0 Å². The quantitative estimate of drug-likeness (QED) is 0.201. The molecule has 0 bridgehead atoms. The summed E-state index contributed by atoms with van der Waals surface area (Å²) in [7, 11) is 0. The van der Waals surface area contributed by atoms with E-state index >= 15 is 0 Å². The third-order valence-corrected chi connectivity index (χ3v) is 9.72. The molecule has 0 nitrogen and oxygen atoms in total. The van der Waals surface area contributed by atoms with Gasteiger partial charge in [-0.1, -0.05) is 129 Å². The van der Waals surface area contributed by atoms with E-state index in [1.165, 1.54) is 76.8 Å². The van der Waals surface area contributed by atoms with E-state index < -0.39 is 0 Å². The van der Waals surface area contributed by atoms with Gasteiger partial charge in [0.15, 0.2) is 0 Å². The van der Waals surface area contributed by atoms with E-state index in [1.54, 1.807) is 0 Å². The van der Waals surface area contributed by atoms with Crippen LogP contribution in [0.3, 0.4) is 0 Å². The van der Waals surface area contributed by atoms with Gasteiger partial charge in [-0.3, -0.25) is 0 Å². The molecule has 7 aromatic rings. The summed E-state index contributed by atoms with van der Waals surface area (Å²) in [6, 6.07) is 49.8. The summed E-state index contributed by atoms with van der Waals surface area (Å²) in [4.78, 5) is 0. The standard InChI is InChI=1S/C41H32/c1-3-41(4-2)37-26-30(22-23-31(37)36-24-28-16-8-9-17-29(28)25-38(36)41)40-34-20-12-10-18-32(34)39(27-14-6-5-7-15-27)33-19-11-13-21-35(33)40/h5-26H,3-4H2,1-2H3. The number of fused-ring (bicyclic) bond motifs is 6. The summed E-state index contributed by atoms with van der Waals surface area (Å²) in [6.07, 6.45) is 2.17. The van der Waals surface area contributed by atoms with Gasteiger partial charge >= 0.3 is 0 Å². The molecule has 0 N–H and O–H groups in total. The molecule has 1 aliphatic rings. The van der Waals surface area contributed by atoms with Crippen LogP contribution in [0.25, 0.3) is 65.7 Å². The van der Waals surface area contributed by atoms with Crippen molar-refractivity contribution in [1.29, 1.82) is 0 Å². The minimum atomic E-state index is 0.0142. The lowest BCUT2D eigenvalue weighted by Gasteiger charge is -2.30. The molecule has 0 aliphatic heterocycles. The zero-order chi connectivity index (χ0) is 27.6. The molecule has 1 aliphatic carbocycles. The zero-order valence-electron chi connectivity index (χ0n) is 23.6. The maximum Gasteiger partial charge on any atom is 0.0210 e. The lowest BCUT2D eigenvalue weighted by molar-refractivity contribution is 0.491. The number of hydrogen-bond donors (Lipinski definition) is 0. The molecule has 8 rings (SSSR count). The molecule has 0 radical (unpaired) electrons. The molecule has 196 valence electrons. The van der Waals surface area contributed by atoms with Gasteiger partial charge in [0.2, 0.25) is 0 Å². The highest BCUT2D eigenvalue weighted by molar-refractivity contribution is 6.21. The van der Waals surface area contributed by atoms with Gasteiger partial charge in [-0.05, 0) is 108 Å². The van der Waals surface area contributed by atoms with Crippen molar-refractivity contribution in [2.24, 2.45) is 0 Å². The molecule has 0 heterocycles. The Kier molecular flexibility index (Phi) is 5.41. The van der Waals surface area contributed by atoms with E-state index in [2.05, 4.69) is 147 Å². The molecule has 0 fully saturated rings. The summed E-state index contributed by atoms with van der Waals surface area (Å²) in [5, 5.41) is 7.88. The Hall–Kier alpha value is -4.68. The molecular weight excluding hydrogens is 492 g/mol. The number of benzene rings is 7. The third kappa shape index (κ3) is 3.40. The Morgan fingerprint density at radius 3 is 1.49 bits per heavy atom. The second kappa shape index (κ2) is 9.18. The SMILES string of the molecule is CCC1(CC)c2cc(-c3c4ccccc4c(-c4ccccc4)c4ccccc34)ccc2-c2cc3ccccc3cc21. The highest BCUT2D eigenvalue weighted by atomic mass is 14.4. The monoisotopic (exact) mass is 524 g/mol. The van der Waals surface area contributed by atoms with Crippen LogP contribution < -0.4 is 0 Å². The highest BCUT2D eigenvalue weighted by Gasteiger charge is 2.41. The largest absolute Gasteiger partial charge is 0.0642 e. The van der Waals surface area contributed by atoms with Crippen LogP contribution >= 0.6 is 0 Å². The van der Waals surface area contributed by atoms with Crippen LogP contribution in [0.5, 0.6) is 0 Å². The average molecular weight is 525 g/mol. The Bertz CT molecular complexity index is 2050. The predicted octanol–water partition coefficient (Wildman–Crippen LogP) is 11.6. The van der Waals surface area contributed by atoms with Gasteiger partial charge in [-0.2, -0.15) is 0 Å². The summed E-state index contributed by atoms with van der Waals surface area (Å²) in [5.74, 6) is 0. The molecule has 0 atom stereocenters. The van der Waals surface area contributed by atoms with Gasteiger partial charge in [0.05, 0.1) is 0 Å². The van der Waals surface area contributed by atoms with E-state index in [0.717, 1.165) is 12.8 Å². The third-order valence-electron chi connectivity index (χ3n) is 9.72. The van der Waals surface area contributed by atoms with Crippen molar-refractivity contribution < 1.29 is 0 Å². The molecule has 0 amide bonds. The van der Waals surface area contributed by atoms with E-state index in [9.17, 15) is 0 Å². The van der Waals surface area contributed by atoms with Gasteiger partial charge in [-0.25, -0.2) is 0 Å². The van der Waals surface area contributed by atoms with Crippen LogP contribution in [0.2, 0.25) is 0 Å². The van der Waals surface area contributed by atoms with Crippen LogP contribution in [0, 0.1) is 0 Å². The molecule has 41 heavy (non-hydrogen) atoms. The highest BCUT2D eigenvalue weighted by Crippen LogP contribution is 2.55. The van der Waals surface area contributed by atoms with Crippen molar-refractivity contribution in [3.63, 3.8) is 0 Å². The van der Waals surface area contributed by atoms with E-state index in [-0.39, 0.29) is 5.41 Å². The maximum atomic E-state index is 2.53. The number of hydrogen-bond acceptors (Lipinski definition) is 0. The van der Waals surface area contributed by atoms with Crippen LogP contribution in [0.1, 0.15) is 37.8 Å². The summed E-state index contributed by atoms with van der Waals surface area (Å²) < 4.78 is 0. The van der Waals surface area contributed by atoms with Crippen LogP contribution in [-0.4, -0.2) is 0 Å². The van der Waals surface area contributed by atoms with Gasteiger partial charge in [0, 0.05) is 5.41 Å². The average Bonchev–Trinajstić information content (AvgIpc) is 3.31. The van der Waals surface area contributed by atoms with Gasteiger partial charge in [0.25, 0.3) is 0 Å². The van der Waals surface area contributed by atoms with Gasteiger partial charge in [0.1, 0.15) is 0 Å². The first-order chi connectivity index (χ1) is 20.2. The molecular formula is C41H32. The fourth-order valence-corrected chi connectivity index (χ4v) is 7.70. The lowest BCUT2D eigenvalue weighted by atomic mass is 9.73. The summed E-state index contributed by atoms with van der Waals surface area (Å²) in [6.45, 7) is 4.73. The van der Waals surface area contributed by atoms with Crippen molar-refractivity contribution in [2.45, 2.75) is 32.1 Å². The maximum absolute atomic E-state index is 2.53. The van der Waals surface area contributed by atoms with Crippen molar-refractivity contribution in [3.8, 4) is 33.4 Å². The van der Waals surface area contributed by atoms with Crippen LogP contribution in [0.4, 0.5) is 0 Å². The normalized spacial score (nSPS) is 13.5. The topological polar surface area (TPSA) is 0 Å². The van der Waals surface area contributed by atoms with E-state index in [1.807, 2.05) is 0 Å². The van der Waals surface area contributed by atoms with Crippen molar-refractivity contribution in [2.75, 3.05) is 0 Å². The Morgan fingerprint density at radius 1 is 0.415 bits per heavy atom. The lowest BCUT2D eigenvalue weighted by Crippen LogP contribution is -2.23. The van der Waals surface area contributed by atoms with Crippen LogP contribution in [-0.2, 0) is 5.41 Å². The molecule has 0 spiro atoms. The summed E-state index contributed by atoms with van der Waals surface area (Å²) >= 11 is 0. The first-order valence-electron chi connectivity index (χ1n) is 14.9. The minimum Gasteiger partial charge on any atom is -0.0642 e. The van der Waals surface area contributed by atoms with Crippen LogP contribution in [0.15, 0.2) is 133 Å². The van der Waals surface area contributed by atoms with E-state index in [0.29, 0.717) is 0 Å². The fourth-order valence-electron chi connectivity index (χ4n) is 7.70. The van der Waals surface area contributed by atoms with Crippen molar-refractivity contribution in [3.05, 3.63) is 145 Å². The molecule has 0 heteroatoms. The van der Waals surface area contributed by atoms with E-state index in [4.69, 9.17) is 0 Å². The second-order valence-corrected chi connectivity index (χ2v) is 11.5. The first kappa shape index (κ1) is 24.1. The Labute approximate surface area is 241 Å². The summed E-state index contributed by atoms with van der Waals surface area (Å²) in [5.41, 5.74) is 11.0. The van der Waals surface area contributed by atoms with Gasteiger partial charge < -0.3 is 0 Å². The molecule has 0 unspecified atom stereocenters. The first-order valence-corrected chi connectivity index (χ1v) is 14.9. The Balaban J connectivity index is 1.44. The second-order valence-electron chi connectivity index (χ2n) is 11.5. The molecule has 0 saturated carbocycles. The number of rotatable bonds is 4. The minimum absolute atomic E-state index is 0.0142. The Morgan fingerprint density at radius 2 is 0.902 bits per heavy atom. The predicted molar refractivity (Wildman–Crippen MR) is 177 cm³/mol. The smallest absolute Gasteiger partial charge is 0.0210 e. The molecule has 7 aromatic carbocycles.